The molecule has 0 spiro atoms. The Hall–Kier alpha value is -3.08. The first kappa shape index (κ1) is 21.2. The first-order valence-corrected chi connectivity index (χ1v) is 9.58. The molecule has 0 aromatic heterocycles. The van der Waals surface area contributed by atoms with Gasteiger partial charge in [0.15, 0.2) is 0 Å². The highest BCUT2D eigenvalue weighted by atomic mass is 16.1. The van der Waals surface area contributed by atoms with Crippen molar-refractivity contribution in [1.29, 1.82) is 0 Å². The van der Waals surface area contributed by atoms with Gasteiger partial charge >= 0.3 is 0 Å². The van der Waals surface area contributed by atoms with Gasteiger partial charge in [0, 0.05) is 6.54 Å². The number of carbonyl (C=O) groups is 1. The van der Waals surface area contributed by atoms with Crippen molar-refractivity contribution in [3.05, 3.63) is 77.1 Å². The normalized spacial score (nSPS) is 15.1. The van der Waals surface area contributed by atoms with Gasteiger partial charge < -0.3 is 16.8 Å². The Labute approximate surface area is 167 Å². The zero-order valence-corrected chi connectivity index (χ0v) is 16.9. The number of carbonyl (C=O) groups excluding carboxylic acids is 1. The maximum atomic E-state index is 12.4. The van der Waals surface area contributed by atoms with E-state index < -0.39 is 0 Å². The quantitative estimate of drug-likeness (QED) is 0.492. The van der Waals surface area contributed by atoms with Crippen molar-refractivity contribution < 1.29 is 4.79 Å². The molecule has 1 amide bonds. The minimum atomic E-state index is -0.166. The van der Waals surface area contributed by atoms with Gasteiger partial charge in [-0.25, -0.2) is 4.99 Å². The molecule has 28 heavy (non-hydrogen) atoms. The van der Waals surface area contributed by atoms with Crippen LogP contribution in [0.5, 0.6) is 0 Å². The van der Waals surface area contributed by atoms with E-state index in [0.717, 1.165) is 6.42 Å². The number of para-hydroxylation sites is 1. The predicted molar refractivity (Wildman–Crippen MR) is 117 cm³/mol. The molecule has 0 bridgehead atoms. The third kappa shape index (κ3) is 6.27. The molecule has 1 aliphatic carbocycles. The van der Waals surface area contributed by atoms with Gasteiger partial charge in [-0.3, -0.25) is 4.79 Å². The molecule has 0 heterocycles. The molecule has 0 saturated carbocycles. The van der Waals surface area contributed by atoms with E-state index in [-0.39, 0.29) is 11.7 Å². The fourth-order valence-electron chi connectivity index (χ4n) is 2.69. The van der Waals surface area contributed by atoms with E-state index in [9.17, 15) is 4.79 Å². The van der Waals surface area contributed by atoms with Gasteiger partial charge in [-0.1, -0.05) is 56.4 Å². The van der Waals surface area contributed by atoms with Crippen LogP contribution < -0.4 is 16.8 Å². The van der Waals surface area contributed by atoms with Gasteiger partial charge in [0.2, 0.25) is 0 Å². The average molecular weight is 379 g/mol. The second-order valence-corrected chi connectivity index (χ2v) is 7.22. The summed E-state index contributed by atoms with van der Waals surface area (Å²) in [4.78, 5) is 16.8. The number of allylic oxidation sites excluding steroid dienone is 7. The number of nitrogens with zero attached hydrogens (tertiary/aromatic N) is 1. The summed E-state index contributed by atoms with van der Waals surface area (Å²) in [6.45, 7) is 6.77. The summed E-state index contributed by atoms with van der Waals surface area (Å²) in [5.41, 5.74) is 16.1. The Balaban J connectivity index is 2.16. The van der Waals surface area contributed by atoms with Gasteiger partial charge in [-0.05, 0) is 49.0 Å². The minimum absolute atomic E-state index is 0.166. The van der Waals surface area contributed by atoms with Crippen LogP contribution in [0.25, 0.3) is 0 Å². The van der Waals surface area contributed by atoms with Crippen molar-refractivity contribution in [2.45, 2.75) is 33.6 Å². The van der Waals surface area contributed by atoms with Crippen molar-refractivity contribution in [2.75, 3.05) is 6.54 Å². The van der Waals surface area contributed by atoms with Gasteiger partial charge in [-0.2, -0.15) is 0 Å². The van der Waals surface area contributed by atoms with Crippen LogP contribution in [0.15, 0.2) is 76.5 Å². The molecule has 0 unspecified atom stereocenters. The molecule has 5 heteroatoms. The van der Waals surface area contributed by atoms with Crippen LogP contribution in [0.1, 0.15) is 44.0 Å². The van der Waals surface area contributed by atoms with E-state index in [1.165, 1.54) is 11.1 Å². The van der Waals surface area contributed by atoms with Crippen LogP contribution in [0.4, 0.5) is 5.69 Å². The number of benzene rings is 1. The molecule has 0 atom stereocenters. The lowest BCUT2D eigenvalue weighted by molar-refractivity contribution is 0.0949. The first-order valence-electron chi connectivity index (χ1n) is 9.58. The van der Waals surface area contributed by atoms with Crippen molar-refractivity contribution >= 4 is 17.4 Å². The molecule has 1 aliphatic rings. The number of hydrogen-bond donors (Lipinski definition) is 3. The highest BCUT2D eigenvalue weighted by Crippen LogP contribution is 2.21. The average Bonchev–Trinajstić information content (AvgIpc) is 2.88. The monoisotopic (exact) mass is 378 g/mol. The van der Waals surface area contributed by atoms with E-state index in [1.807, 2.05) is 26.0 Å². The molecule has 1 aromatic carbocycles. The number of nitrogens with one attached hydrogen (secondary N) is 1. The van der Waals surface area contributed by atoms with Crippen molar-refractivity contribution in [1.82, 2.24) is 5.32 Å². The van der Waals surface area contributed by atoms with Crippen molar-refractivity contribution in [3.63, 3.8) is 0 Å². The summed E-state index contributed by atoms with van der Waals surface area (Å²) in [5, 5.41) is 2.91. The second-order valence-electron chi connectivity index (χ2n) is 7.22. The molecular formula is C23H30N4O. The van der Waals surface area contributed by atoms with Gasteiger partial charge in [-0.15, -0.1) is 0 Å². The molecule has 5 nitrogen and oxygen atoms in total. The summed E-state index contributed by atoms with van der Waals surface area (Å²) in [5.74, 6) is 0.410. The largest absolute Gasteiger partial charge is 0.396 e. The topological polar surface area (TPSA) is 93.5 Å². The van der Waals surface area contributed by atoms with Crippen LogP contribution in [0.2, 0.25) is 0 Å². The van der Waals surface area contributed by atoms with E-state index in [0.29, 0.717) is 35.8 Å². The van der Waals surface area contributed by atoms with E-state index in [1.54, 1.807) is 18.2 Å². The number of nitrogens with two attached hydrogens (primary N) is 2. The lowest BCUT2D eigenvalue weighted by Gasteiger charge is -2.10. The molecular weight excluding hydrogens is 348 g/mol. The first-order chi connectivity index (χ1) is 13.4. The summed E-state index contributed by atoms with van der Waals surface area (Å²) >= 11 is 0. The molecule has 1 aromatic rings. The van der Waals surface area contributed by atoms with E-state index in [2.05, 4.69) is 41.5 Å². The molecule has 5 N–H and O–H groups in total. The summed E-state index contributed by atoms with van der Waals surface area (Å²) in [6.07, 6.45) is 11.9. The zero-order valence-electron chi connectivity index (χ0n) is 16.9. The van der Waals surface area contributed by atoms with Crippen LogP contribution in [-0.4, -0.2) is 18.3 Å². The fraction of sp³-hybridized carbons (Fsp3) is 0.304. The van der Waals surface area contributed by atoms with Crippen molar-refractivity contribution in [3.8, 4) is 0 Å². The number of rotatable bonds is 7. The van der Waals surface area contributed by atoms with Crippen LogP contribution >= 0.6 is 0 Å². The molecule has 0 saturated heterocycles. The molecule has 148 valence electrons. The lowest BCUT2D eigenvalue weighted by Crippen LogP contribution is -2.27. The van der Waals surface area contributed by atoms with Crippen LogP contribution in [0, 0.1) is 5.92 Å². The van der Waals surface area contributed by atoms with Gasteiger partial charge in [0.25, 0.3) is 5.91 Å². The minimum Gasteiger partial charge on any atom is -0.396 e. The second kappa shape index (κ2) is 10.3. The third-order valence-electron chi connectivity index (χ3n) is 4.39. The summed E-state index contributed by atoms with van der Waals surface area (Å²) in [6, 6.07) is 7.12. The SMILES string of the molecule is CC1=CC=CCC=C1C/C=C(\N)C(N)=Nc1ccccc1C(=O)NCC(C)C. The molecule has 0 radical (unpaired) electrons. The molecule has 2 rings (SSSR count). The number of amides is 1. The van der Waals surface area contributed by atoms with Crippen LogP contribution in [-0.2, 0) is 0 Å². The predicted octanol–water partition coefficient (Wildman–Crippen LogP) is 4.13. The standard InChI is InChI=1S/C23H30N4O/c1-16(2)15-26-23(28)19-11-7-8-12-21(19)27-22(25)20(24)14-13-18-10-6-4-5-9-17(18)3/h4-5,7-12,14,16H,6,13,15,24H2,1-3H3,(H2,25,27)(H,26,28)/b20-14-. The Morgan fingerprint density at radius 3 is 2.79 bits per heavy atom. The third-order valence-corrected chi connectivity index (χ3v) is 4.39. The zero-order chi connectivity index (χ0) is 20.5. The van der Waals surface area contributed by atoms with E-state index >= 15 is 0 Å². The number of amidine groups is 1. The Bertz CT molecular complexity index is 857. The molecule has 0 fully saturated rings. The fourth-order valence-corrected chi connectivity index (χ4v) is 2.69. The Kier molecular flexibility index (Phi) is 7.81. The molecule has 0 aliphatic heterocycles. The lowest BCUT2D eigenvalue weighted by atomic mass is 10.0. The van der Waals surface area contributed by atoms with Gasteiger partial charge in [0.1, 0.15) is 5.84 Å². The van der Waals surface area contributed by atoms with E-state index in [4.69, 9.17) is 11.5 Å². The number of hydrogen-bond acceptors (Lipinski definition) is 3. The van der Waals surface area contributed by atoms with Crippen molar-refractivity contribution in [2.24, 2.45) is 22.4 Å². The Morgan fingerprint density at radius 2 is 2.04 bits per heavy atom. The Morgan fingerprint density at radius 1 is 1.29 bits per heavy atom. The number of aliphatic imine (C=N–C) groups is 1. The maximum Gasteiger partial charge on any atom is 0.253 e. The maximum absolute atomic E-state index is 12.4. The van der Waals surface area contributed by atoms with Gasteiger partial charge in [0.05, 0.1) is 16.9 Å². The highest BCUT2D eigenvalue weighted by Gasteiger charge is 2.11. The summed E-state index contributed by atoms with van der Waals surface area (Å²) in [7, 11) is 0. The smallest absolute Gasteiger partial charge is 0.253 e. The highest BCUT2D eigenvalue weighted by molar-refractivity contribution is 6.02. The summed E-state index contributed by atoms with van der Waals surface area (Å²) < 4.78 is 0. The van der Waals surface area contributed by atoms with Crippen LogP contribution in [0.3, 0.4) is 0 Å².